The monoisotopic (exact) mass is 441 g/mol. The fourth-order valence-corrected chi connectivity index (χ4v) is 3.65. The molecule has 0 atom stereocenters. The van der Waals surface area contributed by atoms with Crippen molar-refractivity contribution in [3.63, 3.8) is 0 Å². The lowest BCUT2D eigenvalue weighted by atomic mass is 10.0. The Morgan fingerprint density at radius 1 is 1.13 bits per heavy atom. The Morgan fingerprint density at radius 3 is 2.58 bits per heavy atom. The van der Waals surface area contributed by atoms with Crippen molar-refractivity contribution in [2.45, 2.75) is 19.4 Å². The van der Waals surface area contributed by atoms with Crippen LogP contribution >= 0.6 is 0 Å². The molecule has 0 bridgehead atoms. The highest BCUT2D eigenvalue weighted by Gasteiger charge is 2.10. The maximum Gasteiger partial charge on any atom is 0.224 e. The quantitative estimate of drug-likeness (QED) is 0.467. The van der Waals surface area contributed by atoms with Crippen LogP contribution in [0.4, 0.5) is 5.69 Å². The third-order valence-corrected chi connectivity index (χ3v) is 5.70. The Hall–Kier alpha value is -3.04. The van der Waals surface area contributed by atoms with Crippen molar-refractivity contribution in [2.24, 2.45) is 7.05 Å². The van der Waals surface area contributed by atoms with E-state index in [9.17, 15) is 13.2 Å². The normalized spacial score (nSPS) is 11.4. The molecule has 2 heterocycles. The zero-order valence-electron chi connectivity index (χ0n) is 17.7. The van der Waals surface area contributed by atoms with Crippen LogP contribution < -0.4 is 10.6 Å². The fraction of sp³-hybridized carbons (Fsp3) is 0.318. The number of carbonyl (C=O) groups excluding carboxylic acids is 1. The Kier molecular flexibility index (Phi) is 7.54. The van der Waals surface area contributed by atoms with Gasteiger partial charge in [-0.1, -0.05) is 12.1 Å². The molecular weight excluding hydrogens is 414 g/mol. The lowest BCUT2D eigenvalue weighted by Gasteiger charge is -2.09. The van der Waals surface area contributed by atoms with Gasteiger partial charge in [0.2, 0.25) is 5.91 Å². The van der Waals surface area contributed by atoms with Crippen LogP contribution in [0, 0.1) is 0 Å². The number of anilines is 1. The van der Waals surface area contributed by atoms with E-state index in [-0.39, 0.29) is 11.7 Å². The van der Waals surface area contributed by atoms with Gasteiger partial charge < -0.3 is 10.6 Å². The third-order valence-electron chi connectivity index (χ3n) is 4.76. The van der Waals surface area contributed by atoms with Crippen LogP contribution in [0.1, 0.15) is 17.5 Å². The second kappa shape index (κ2) is 10.3. The van der Waals surface area contributed by atoms with E-state index in [1.807, 2.05) is 43.6 Å². The first kappa shape index (κ1) is 22.6. The lowest BCUT2D eigenvalue weighted by molar-refractivity contribution is -0.116. The number of pyridine rings is 1. The number of carbonyl (C=O) groups is 1. The third kappa shape index (κ3) is 7.30. The first-order valence-corrected chi connectivity index (χ1v) is 12.1. The number of rotatable bonds is 10. The molecule has 8 nitrogen and oxygen atoms in total. The van der Waals surface area contributed by atoms with E-state index in [1.54, 1.807) is 23.3 Å². The number of sulfone groups is 1. The van der Waals surface area contributed by atoms with Crippen molar-refractivity contribution in [3.8, 4) is 11.1 Å². The molecule has 31 heavy (non-hydrogen) atoms. The van der Waals surface area contributed by atoms with Gasteiger partial charge >= 0.3 is 0 Å². The predicted molar refractivity (Wildman–Crippen MR) is 121 cm³/mol. The molecule has 0 saturated heterocycles. The van der Waals surface area contributed by atoms with Crippen LogP contribution in [-0.2, 0) is 34.6 Å². The number of amides is 1. The van der Waals surface area contributed by atoms with Crippen LogP contribution in [0.5, 0.6) is 0 Å². The van der Waals surface area contributed by atoms with Crippen LogP contribution in [0.15, 0.2) is 55.1 Å². The summed E-state index contributed by atoms with van der Waals surface area (Å²) in [7, 11) is -1.09. The van der Waals surface area contributed by atoms with Crippen molar-refractivity contribution in [3.05, 3.63) is 66.2 Å². The average molecular weight is 442 g/mol. The second-order valence-corrected chi connectivity index (χ2v) is 9.75. The highest BCUT2D eigenvalue weighted by atomic mass is 32.2. The van der Waals surface area contributed by atoms with Gasteiger partial charge in [-0.3, -0.25) is 14.5 Å². The number of aromatic nitrogens is 3. The number of aryl methyl sites for hydroxylation is 2. The standard InChI is InChI=1S/C22H27N5O3S/c1-27-16-19(15-25-27)21-9-10-23-14-18(21)5-8-22(28)26-20-6-3-17(4-7-20)13-24-11-12-31(2,29)30/h3-4,6-7,9-10,14-16,24H,5,8,11-13H2,1-2H3,(H,26,28). The smallest absolute Gasteiger partial charge is 0.224 e. The molecule has 3 aromatic rings. The topological polar surface area (TPSA) is 106 Å². The zero-order chi connectivity index (χ0) is 22.3. The molecule has 3 rings (SSSR count). The molecular formula is C22H27N5O3S. The van der Waals surface area contributed by atoms with E-state index < -0.39 is 9.84 Å². The van der Waals surface area contributed by atoms with Crippen molar-refractivity contribution >= 4 is 21.4 Å². The highest BCUT2D eigenvalue weighted by Crippen LogP contribution is 2.23. The van der Waals surface area contributed by atoms with Crippen LogP contribution in [0.25, 0.3) is 11.1 Å². The molecule has 164 valence electrons. The Bertz CT molecular complexity index is 1120. The SMILES string of the molecule is Cn1cc(-c2ccncc2CCC(=O)Nc2ccc(CNCCS(C)(=O)=O)cc2)cn1. The number of hydrogen-bond acceptors (Lipinski definition) is 6. The zero-order valence-corrected chi connectivity index (χ0v) is 18.5. The van der Waals surface area contributed by atoms with E-state index in [4.69, 9.17) is 0 Å². The summed E-state index contributed by atoms with van der Waals surface area (Å²) >= 11 is 0. The molecule has 0 radical (unpaired) electrons. The Balaban J connectivity index is 1.49. The van der Waals surface area contributed by atoms with Gasteiger partial charge in [-0.2, -0.15) is 5.10 Å². The largest absolute Gasteiger partial charge is 0.326 e. The average Bonchev–Trinajstić information content (AvgIpc) is 3.16. The Labute approximate surface area is 182 Å². The van der Waals surface area contributed by atoms with Gasteiger partial charge in [0.05, 0.1) is 11.9 Å². The fourth-order valence-electron chi connectivity index (χ4n) is 3.14. The van der Waals surface area contributed by atoms with E-state index in [0.717, 1.165) is 27.9 Å². The number of nitrogens with zero attached hydrogens (tertiary/aromatic N) is 3. The maximum atomic E-state index is 12.4. The van der Waals surface area contributed by atoms with Crippen LogP contribution in [-0.4, -0.2) is 47.6 Å². The summed E-state index contributed by atoms with van der Waals surface area (Å²) in [4.78, 5) is 16.6. The second-order valence-electron chi connectivity index (χ2n) is 7.49. The van der Waals surface area contributed by atoms with Crippen LogP contribution in [0.2, 0.25) is 0 Å². The van der Waals surface area contributed by atoms with Gasteiger partial charge in [0.1, 0.15) is 9.84 Å². The van der Waals surface area contributed by atoms with Crippen molar-refractivity contribution in [1.82, 2.24) is 20.1 Å². The van der Waals surface area contributed by atoms with E-state index >= 15 is 0 Å². The van der Waals surface area contributed by atoms with Gasteiger partial charge in [0, 0.05) is 62.7 Å². The van der Waals surface area contributed by atoms with E-state index in [1.165, 1.54) is 6.26 Å². The summed E-state index contributed by atoms with van der Waals surface area (Å²) in [6, 6.07) is 9.44. The summed E-state index contributed by atoms with van der Waals surface area (Å²) in [5.41, 5.74) is 4.78. The minimum absolute atomic E-state index is 0.0694. The summed E-state index contributed by atoms with van der Waals surface area (Å²) in [5, 5.41) is 10.2. The molecule has 0 saturated carbocycles. The van der Waals surface area contributed by atoms with Gasteiger partial charge in [-0.15, -0.1) is 0 Å². The first-order chi connectivity index (χ1) is 14.8. The Morgan fingerprint density at radius 2 is 1.90 bits per heavy atom. The molecule has 2 N–H and O–H groups in total. The molecule has 0 aliphatic carbocycles. The molecule has 0 fully saturated rings. The molecule has 9 heteroatoms. The predicted octanol–water partition coefficient (Wildman–Crippen LogP) is 2.19. The summed E-state index contributed by atoms with van der Waals surface area (Å²) < 4.78 is 24.0. The van der Waals surface area contributed by atoms with Gasteiger partial charge in [0.25, 0.3) is 0 Å². The number of nitrogens with one attached hydrogen (secondary N) is 2. The highest BCUT2D eigenvalue weighted by molar-refractivity contribution is 7.90. The summed E-state index contributed by atoms with van der Waals surface area (Å²) in [6.07, 6.45) is 9.41. The summed E-state index contributed by atoms with van der Waals surface area (Å²) in [5.74, 6) is 0.0423. The molecule has 1 amide bonds. The summed E-state index contributed by atoms with van der Waals surface area (Å²) in [6.45, 7) is 0.981. The minimum Gasteiger partial charge on any atom is -0.326 e. The molecule has 0 aliphatic heterocycles. The van der Waals surface area contributed by atoms with Crippen molar-refractivity contribution in [2.75, 3.05) is 23.9 Å². The van der Waals surface area contributed by atoms with Gasteiger partial charge in [-0.05, 0) is 41.3 Å². The van der Waals surface area contributed by atoms with Crippen molar-refractivity contribution in [1.29, 1.82) is 0 Å². The molecule has 0 unspecified atom stereocenters. The van der Waals surface area contributed by atoms with E-state index in [0.29, 0.717) is 25.9 Å². The lowest BCUT2D eigenvalue weighted by Crippen LogP contribution is -2.21. The molecule has 2 aromatic heterocycles. The number of benzene rings is 1. The van der Waals surface area contributed by atoms with Crippen molar-refractivity contribution < 1.29 is 13.2 Å². The van der Waals surface area contributed by atoms with Gasteiger partial charge in [0.15, 0.2) is 0 Å². The van der Waals surface area contributed by atoms with Gasteiger partial charge in [-0.25, -0.2) is 8.42 Å². The first-order valence-electron chi connectivity index (χ1n) is 9.99. The van der Waals surface area contributed by atoms with E-state index in [2.05, 4.69) is 20.7 Å². The molecule has 0 spiro atoms. The molecule has 1 aromatic carbocycles. The minimum atomic E-state index is -2.96. The maximum absolute atomic E-state index is 12.4. The van der Waals surface area contributed by atoms with Crippen LogP contribution in [0.3, 0.4) is 0 Å². The molecule has 0 aliphatic rings. The number of hydrogen-bond donors (Lipinski definition) is 2.